The molecule has 0 spiro atoms. The molecule has 7 heteroatoms. The van der Waals surface area contributed by atoms with Gasteiger partial charge in [0.15, 0.2) is 0 Å². The molecule has 1 aromatic heterocycles. The fraction of sp³-hybridized carbons (Fsp3) is 0.308. The Morgan fingerprint density at radius 1 is 0.788 bits per heavy atom. The van der Waals surface area contributed by atoms with E-state index in [-0.39, 0.29) is 0 Å². The van der Waals surface area contributed by atoms with Gasteiger partial charge in [-0.15, -0.1) is 0 Å². The molecule has 1 saturated heterocycles. The Morgan fingerprint density at radius 2 is 1.33 bits per heavy atom. The van der Waals surface area contributed by atoms with Crippen molar-refractivity contribution < 1.29 is 13.5 Å². The number of aromatic nitrogens is 1. The molecule has 0 saturated carbocycles. The zero-order chi connectivity index (χ0) is 23.0. The van der Waals surface area contributed by atoms with Crippen LogP contribution in [0.5, 0.6) is 0 Å². The highest BCUT2D eigenvalue weighted by atomic mass is 32.2. The number of β-amino-alcohol motifs (C(OH)–C–C–N with tert-alkyl or cyclic N) is 1. The minimum Gasteiger partial charge on any atom is -0.390 e. The van der Waals surface area contributed by atoms with Gasteiger partial charge in [0.1, 0.15) is 0 Å². The third-order valence-corrected chi connectivity index (χ3v) is 8.45. The molecule has 2 heterocycles. The monoisotopic (exact) mass is 463 g/mol. The quantitative estimate of drug-likeness (QED) is 0.476. The maximum Gasteiger partial charge on any atom is 0.243 e. The van der Waals surface area contributed by atoms with Crippen molar-refractivity contribution in [3.8, 4) is 0 Å². The summed E-state index contributed by atoms with van der Waals surface area (Å²) < 4.78 is 29.6. The van der Waals surface area contributed by atoms with Gasteiger partial charge in [0.2, 0.25) is 10.0 Å². The number of para-hydroxylation sites is 2. The Balaban J connectivity index is 1.25. The molecule has 33 heavy (non-hydrogen) atoms. The van der Waals surface area contributed by atoms with Crippen molar-refractivity contribution in [1.29, 1.82) is 0 Å². The van der Waals surface area contributed by atoms with E-state index in [1.165, 1.54) is 10.8 Å². The molecule has 3 aromatic carbocycles. The van der Waals surface area contributed by atoms with Crippen molar-refractivity contribution in [3.63, 3.8) is 0 Å². The van der Waals surface area contributed by atoms with Gasteiger partial charge in [-0.1, -0.05) is 54.1 Å². The van der Waals surface area contributed by atoms with Crippen molar-refractivity contribution in [1.82, 2.24) is 13.8 Å². The van der Waals surface area contributed by atoms with E-state index in [2.05, 4.69) is 33.7 Å². The molecule has 1 aliphatic rings. The van der Waals surface area contributed by atoms with Crippen LogP contribution < -0.4 is 0 Å². The third-order valence-electron chi connectivity index (χ3n) is 6.53. The molecular weight excluding hydrogens is 434 g/mol. The Hall–Kier alpha value is -2.71. The van der Waals surface area contributed by atoms with Crippen LogP contribution in [0.4, 0.5) is 0 Å². The largest absolute Gasteiger partial charge is 0.390 e. The standard InChI is InChI=1S/C26H29N3O3S/c1-20-10-12-22(13-11-20)33(31,32)28-16-14-27(15-17-28)18-21(30)19-29-25-8-4-2-6-23(25)24-7-3-5-9-26(24)29/h2-13,21,30H,14-19H2,1H3/t21-/m0/s1. The van der Waals surface area contributed by atoms with E-state index >= 15 is 0 Å². The van der Waals surface area contributed by atoms with Crippen molar-refractivity contribution in [2.24, 2.45) is 0 Å². The number of piperazine rings is 1. The van der Waals surface area contributed by atoms with Gasteiger partial charge in [-0.25, -0.2) is 8.42 Å². The number of rotatable bonds is 6. The first kappa shape index (κ1) is 22.1. The molecule has 0 aliphatic carbocycles. The molecule has 4 aromatic rings. The first-order valence-electron chi connectivity index (χ1n) is 11.4. The number of sulfonamides is 1. The lowest BCUT2D eigenvalue weighted by molar-refractivity contribution is 0.0823. The third kappa shape index (κ3) is 4.29. The maximum absolute atomic E-state index is 12.9. The molecule has 1 aliphatic heterocycles. The summed E-state index contributed by atoms with van der Waals surface area (Å²) in [5, 5.41) is 13.3. The summed E-state index contributed by atoms with van der Waals surface area (Å²) in [7, 11) is -3.48. The van der Waals surface area contributed by atoms with Gasteiger partial charge in [0.05, 0.1) is 17.5 Å². The summed E-state index contributed by atoms with van der Waals surface area (Å²) in [5.41, 5.74) is 3.27. The summed E-state index contributed by atoms with van der Waals surface area (Å²) in [4.78, 5) is 2.49. The second-order valence-electron chi connectivity index (χ2n) is 8.82. The Kier molecular flexibility index (Phi) is 5.97. The molecular formula is C26H29N3O3S. The average molecular weight is 464 g/mol. The summed E-state index contributed by atoms with van der Waals surface area (Å²) in [6.07, 6.45) is -0.551. The zero-order valence-electron chi connectivity index (χ0n) is 18.8. The normalized spacial score (nSPS) is 17.0. The van der Waals surface area contributed by atoms with E-state index in [0.717, 1.165) is 16.6 Å². The van der Waals surface area contributed by atoms with Crippen LogP contribution >= 0.6 is 0 Å². The smallest absolute Gasteiger partial charge is 0.243 e. The molecule has 172 valence electrons. The molecule has 1 N–H and O–H groups in total. The van der Waals surface area contributed by atoms with Crippen LogP contribution in [0.3, 0.4) is 0 Å². The summed E-state index contributed by atoms with van der Waals surface area (Å²) in [6.45, 7) is 5.02. The molecule has 0 unspecified atom stereocenters. The second kappa shape index (κ2) is 8.91. The lowest BCUT2D eigenvalue weighted by Gasteiger charge is -2.35. The van der Waals surface area contributed by atoms with Crippen LogP contribution in [-0.2, 0) is 16.6 Å². The summed E-state index contributed by atoms with van der Waals surface area (Å²) in [6, 6.07) is 23.6. The fourth-order valence-electron chi connectivity index (χ4n) is 4.78. The molecule has 0 radical (unpaired) electrons. The number of benzene rings is 3. The van der Waals surface area contributed by atoms with Gasteiger partial charge >= 0.3 is 0 Å². The number of nitrogens with zero attached hydrogens (tertiary/aromatic N) is 3. The van der Waals surface area contributed by atoms with Gasteiger partial charge in [-0.2, -0.15) is 4.31 Å². The van der Waals surface area contributed by atoms with Crippen LogP contribution in [0.2, 0.25) is 0 Å². The van der Waals surface area contributed by atoms with Crippen LogP contribution in [0.15, 0.2) is 77.7 Å². The predicted molar refractivity (Wildman–Crippen MR) is 132 cm³/mol. The minimum absolute atomic E-state index is 0.341. The number of aryl methyl sites for hydroxylation is 1. The summed E-state index contributed by atoms with van der Waals surface area (Å²) >= 11 is 0. The van der Waals surface area contributed by atoms with Gasteiger partial charge in [-0.3, -0.25) is 4.90 Å². The van der Waals surface area contributed by atoms with E-state index < -0.39 is 16.1 Å². The van der Waals surface area contributed by atoms with Gasteiger partial charge < -0.3 is 9.67 Å². The average Bonchev–Trinajstić information content (AvgIpc) is 3.13. The van der Waals surface area contributed by atoms with Crippen molar-refractivity contribution >= 4 is 31.8 Å². The first-order chi connectivity index (χ1) is 15.9. The van der Waals surface area contributed by atoms with Crippen LogP contribution in [0.1, 0.15) is 5.56 Å². The summed E-state index contributed by atoms with van der Waals surface area (Å²) in [5.74, 6) is 0. The number of aliphatic hydroxyl groups excluding tert-OH is 1. The number of fused-ring (bicyclic) bond motifs is 3. The molecule has 0 bridgehead atoms. The van der Waals surface area contributed by atoms with E-state index in [0.29, 0.717) is 44.2 Å². The first-order valence-corrected chi connectivity index (χ1v) is 12.8. The highest BCUT2D eigenvalue weighted by molar-refractivity contribution is 7.89. The number of hydrogen-bond donors (Lipinski definition) is 1. The lowest BCUT2D eigenvalue weighted by atomic mass is 10.2. The topological polar surface area (TPSA) is 65.8 Å². The Morgan fingerprint density at radius 3 is 1.91 bits per heavy atom. The highest BCUT2D eigenvalue weighted by Crippen LogP contribution is 2.29. The van der Waals surface area contributed by atoms with Gasteiger partial charge in [0.25, 0.3) is 0 Å². The van der Waals surface area contributed by atoms with E-state index in [9.17, 15) is 13.5 Å². The highest BCUT2D eigenvalue weighted by Gasteiger charge is 2.29. The Labute approximate surface area is 194 Å². The fourth-order valence-corrected chi connectivity index (χ4v) is 6.20. The molecule has 6 nitrogen and oxygen atoms in total. The zero-order valence-corrected chi connectivity index (χ0v) is 19.6. The number of aliphatic hydroxyl groups is 1. The SMILES string of the molecule is Cc1ccc(S(=O)(=O)N2CCN(C[C@H](O)Cn3c4ccccc4c4ccccc43)CC2)cc1. The van der Waals surface area contributed by atoms with E-state index in [4.69, 9.17) is 0 Å². The molecule has 0 amide bonds. The van der Waals surface area contributed by atoms with Gasteiger partial charge in [0, 0.05) is 54.5 Å². The van der Waals surface area contributed by atoms with Crippen molar-refractivity contribution in [2.75, 3.05) is 32.7 Å². The van der Waals surface area contributed by atoms with E-state index in [1.807, 2.05) is 43.3 Å². The minimum atomic E-state index is -3.48. The predicted octanol–water partition coefficient (Wildman–Crippen LogP) is 3.47. The molecule has 5 rings (SSSR count). The van der Waals surface area contributed by atoms with Crippen LogP contribution in [0, 0.1) is 6.92 Å². The van der Waals surface area contributed by atoms with E-state index in [1.54, 1.807) is 16.4 Å². The van der Waals surface area contributed by atoms with Crippen LogP contribution in [0.25, 0.3) is 21.8 Å². The molecule has 1 atom stereocenters. The van der Waals surface area contributed by atoms with Crippen molar-refractivity contribution in [3.05, 3.63) is 78.4 Å². The molecule has 1 fully saturated rings. The number of hydrogen-bond acceptors (Lipinski definition) is 4. The second-order valence-corrected chi connectivity index (χ2v) is 10.8. The lowest BCUT2D eigenvalue weighted by Crippen LogP contribution is -2.50. The Bertz CT molecular complexity index is 1320. The maximum atomic E-state index is 12.9. The van der Waals surface area contributed by atoms with Crippen molar-refractivity contribution in [2.45, 2.75) is 24.5 Å². The van der Waals surface area contributed by atoms with Crippen LogP contribution in [-0.4, -0.2) is 66.1 Å². The van der Waals surface area contributed by atoms with Gasteiger partial charge in [-0.05, 0) is 31.2 Å².